The molecular weight excluding hydrogens is 283 g/mol. The molecule has 1 N–H and O–H groups in total. The molecule has 5 heteroatoms. The predicted octanol–water partition coefficient (Wildman–Crippen LogP) is 4.44. The van der Waals surface area contributed by atoms with E-state index in [9.17, 15) is 4.39 Å². The summed E-state index contributed by atoms with van der Waals surface area (Å²) in [5, 5.41) is 2.11. The van der Waals surface area contributed by atoms with E-state index in [1.165, 1.54) is 0 Å². The molecule has 0 bridgehead atoms. The molecule has 0 radical (unpaired) electrons. The molecule has 2 heterocycles. The first-order valence-corrected chi connectivity index (χ1v) is 6.98. The van der Waals surface area contributed by atoms with Gasteiger partial charge in [0.2, 0.25) is 0 Å². The number of thiophene rings is 1. The molecule has 0 aliphatic rings. The first kappa shape index (κ1) is 12.4. The fourth-order valence-electron chi connectivity index (χ4n) is 2.10. The average molecular weight is 293 g/mol. The van der Waals surface area contributed by atoms with Gasteiger partial charge in [0.15, 0.2) is 0 Å². The third-order valence-corrected chi connectivity index (χ3v) is 4.18. The second-order valence-electron chi connectivity index (χ2n) is 4.10. The van der Waals surface area contributed by atoms with Gasteiger partial charge in [0, 0.05) is 22.3 Å². The van der Waals surface area contributed by atoms with Gasteiger partial charge in [-0.25, -0.2) is 9.37 Å². The zero-order valence-electron chi connectivity index (χ0n) is 9.81. The Labute approximate surface area is 118 Å². The summed E-state index contributed by atoms with van der Waals surface area (Å²) in [6, 6.07) is 9.01. The summed E-state index contributed by atoms with van der Waals surface area (Å²) >= 11 is 7.46. The Kier molecular flexibility index (Phi) is 3.36. The summed E-state index contributed by atoms with van der Waals surface area (Å²) in [7, 11) is 0. The number of aromatic amines is 1. The van der Waals surface area contributed by atoms with Crippen LogP contribution >= 0.6 is 22.9 Å². The molecule has 2 aromatic heterocycles. The van der Waals surface area contributed by atoms with Crippen molar-refractivity contribution in [3.8, 4) is 0 Å². The predicted molar refractivity (Wildman–Crippen MR) is 75.3 cm³/mol. The molecule has 3 aromatic rings. The smallest absolute Gasteiger partial charge is 0.146 e. The molecule has 0 aliphatic carbocycles. The molecule has 96 valence electrons. The van der Waals surface area contributed by atoms with Gasteiger partial charge in [-0.2, -0.15) is 0 Å². The van der Waals surface area contributed by atoms with Crippen molar-refractivity contribution in [2.24, 2.45) is 0 Å². The van der Waals surface area contributed by atoms with Gasteiger partial charge in [-0.15, -0.1) is 11.3 Å². The zero-order valence-corrected chi connectivity index (χ0v) is 11.4. The molecule has 0 spiro atoms. The molecule has 0 aliphatic heterocycles. The van der Waals surface area contributed by atoms with Crippen LogP contribution in [-0.2, 0) is 0 Å². The summed E-state index contributed by atoms with van der Waals surface area (Å²) in [5.74, 6) is -0.585. The molecule has 1 unspecified atom stereocenters. The number of nitrogens with one attached hydrogen (secondary N) is 1. The number of rotatable bonds is 3. The van der Waals surface area contributed by atoms with Gasteiger partial charge in [-0.05, 0) is 17.5 Å². The number of hydrogen-bond donors (Lipinski definition) is 1. The van der Waals surface area contributed by atoms with E-state index in [2.05, 4.69) is 9.97 Å². The summed E-state index contributed by atoms with van der Waals surface area (Å²) < 4.78 is 14.3. The minimum Gasteiger partial charge on any atom is -0.348 e. The number of halogens is 2. The van der Waals surface area contributed by atoms with Crippen molar-refractivity contribution < 1.29 is 4.39 Å². The van der Waals surface area contributed by atoms with E-state index < -0.39 is 0 Å². The van der Waals surface area contributed by atoms with Crippen molar-refractivity contribution in [3.63, 3.8) is 0 Å². The van der Waals surface area contributed by atoms with Crippen molar-refractivity contribution in [2.75, 3.05) is 0 Å². The van der Waals surface area contributed by atoms with E-state index in [0.717, 1.165) is 10.6 Å². The normalized spacial score (nSPS) is 12.5. The Balaban J connectivity index is 2.18. The quantitative estimate of drug-likeness (QED) is 0.759. The topological polar surface area (TPSA) is 28.7 Å². The molecule has 19 heavy (non-hydrogen) atoms. The van der Waals surface area contributed by atoms with Crippen LogP contribution in [0.15, 0.2) is 48.2 Å². The number of aromatic nitrogens is 2. The lowest BCUT2D eigenvalue weighted by atomic mass is 9.94. The van der Waals surface area contributed by atoms with E-state index in [-0.39, 0.29) is 16.8 Å². The second kappa shape index (κ2) is 5.15. The Morgan fingerprint density at radius 3 is 2.84 bits per heavy atom. The number of H-pyrrole nitrogens is 1. The maximum atomic E-state index is 14.3. The van der Waals surface area contributed by atoms with E-state index >= 15 is 0 Å². The summed E-state index contributed by atoms with van der Waals surface area (Å²) in [4.78, 5) is 8.13. The minimum absolute atomic E-state index is 0.138. The van der Waals surface area contributed by atoms with Crippen LogP contribution in [0.2, 0.25) is 5.02 Å². The highest BCUT2D eigenvalue weighted by atomic mass is 35.5. The van der Waals surface area contributed by atoms with Gasteiger partial charge in [0.1, 0.15) is 5.82 Å². The zero-order chi connectivity index (χ0) is 13.2. The Hall–Kier alpha value is -1.65. The van der Waals surface area contributed by atoms with E-state index in [0.29, 0.717) is 5.56 Å². The van der Waals surface area contributed by atoms with Crippen LogP contribution in [0.1, 0.15) is 22.1 Å². The molecule has 1 aromatic carbocycles. The number of imidazole rings is 1. The van der Waals surface area contributed by atoms with Gasteiger partial charge in [-0.1, -0.05) is 29.8 Å². The second-order valence-corrected chi connectivity index (χ2v) is 5.48. The molecule has 3 rings (SSSR count). The largest absolute Gasteiger partial charge is 0.348 e. The molecular formula is C14H10ClFN2S. The molecule has 1 atom stereocenters. The van der Waals surface area contributed by atoms with Gasteiger partial charge in [0.05, 0.1) is 17.3 Å². The summed E-state index contributed by atoms with van der Waals surface area (Å²) in [6.07, 6.45) is 3.31. The van der Waals surface area contributed by atoms with Crippen LogP contribution in [0.3, 0.4) is 0 Å². The fourth-order valence-corrected chi connectivity index (χ4v) is 3.14. The first-order chi connectivity index (χ1) is 9.27. The van der Waals surface area contributed by atoms with Crippen LogP contribution < -0.4 is 0 Å². The van der Waals surface area contributed by atoms with Crippen LogP contribution in [0, 0.1) is 5.82 Å². The number of benzene rings is 1. The van der Waals surface area contributed by atoms with Crippen LogP contribution in [0.5, 0.6) is 0 Å². The monoisotopic (exact) mass is 292 g/mol. The maximum Gasteiger partial charge on any atom is 0.146 e. The highest BCUT2D eigenvalue weighted by Gasteiger charge is 2.23. The van der Waals surface area contributed by atoms with Gasteiger partial charge in [-0.3, -0.25) is 0 Å². The van der Waals surface area contributed by atoms with Crippen LogP contribution in [0.4, 0.5) is 4.39 Å². The average Bonchev–Trinajstić information content (AvgIpc) is 3.08. The molecule has 0 amide bonds. The Bertz CT molecular complexity index is 631. The van der Waals surface area contributed by atoms with Crippen molar-refractivity contribution in [1.82, 2.24) is 9.97 Å². The Morgan fingerprint density at radius 2 is 2.16 bits per heavy atom. The molecule has 2 nitrogen and oxygen atoms in total. The summed E-state index contributed by atoms with van der Waals surface area (Å²) in [5.41, 5.74) is 1.41. The van der Waals surface area contributed by atoms with Crippen molar-refractivity contribution >= 4 is 22.9 Å². The highest BCUT2D eigenvalue weighted by molar-refractivity contribution is 7.10. The van der Waals surface area contributed by atoms with E-state index in [4.69, 9.17) is 11.6 Å². The lowest BCUT2D eigenvalue weighted by molar-refractivity contribution is 0.607. The maximum absolute atomic E-state index is 14.3. The molecule has 0 fully saturated rings. The summed E-state index contributed by atoms with van der Waals surface area (Å²) in [6.45, 7) is 0. The number of hydrogen-bond acceptors (Lipinski definition) is 2. The highest BCUT2D eigenvalue weighted by Crippen LogP contribution is 2.36. The van der Waals surface area contributed by atoms with Crippen molar-refractivity contribution in [3.05, 3.63) is 75.2 Å². The minimum atomic E-state index is -0.378. The first-order valence-electron chi connectivity index (χ1n) is 5.73. The van der Waals surface area contributed by atoms with Gasteiger partial charge >= 0.3 is 0 Å². The Morgan fingerprint density at radius 1 is 1.26 bits per heavy atom. The SMILES string of the molecule is Fc1c(Cl)cccc1C(c1cnc[nH]1)c1cccs1. The third-order valence-electron chi connectivity index (χ3n) is 2.95. The third kappa shape index (κ3) is 2.29. The van der Waals surface area contributed by atoms with Gasteiger partial charge < -0.3 is 4.98 Å². The van der Waals surface area contributed by atoms with Crippen molar-refractivity contribution in [2.45, 2.75) is 5.92 Å². The molecule has 0 saturated carbocycles. The van der Waals surface area contributed by atoms with E-state index in [1.54, 1.807) is 42.1 Å². The fraction of sp³-hybridized carbons (Fsp3) is 0.0714. The number of nitrogens with zero attached hydrogens (tertiary/aromatic N) is 1. The van der Waals surface area contributed by atoms with Crippen molar-refractivity contribution in [1.29, 1.82) is 0 Å². The van der Waals surface area contributed by atoms with Crippen LogP contribution in [0.25, 0.3) is 0 Å². The lowest BCUT2D eigenvalue weighted by Crippen LogP contribution is -2.04. The lowest BCUT2D eigenvalue weighted by Gasteiger charge is -2.15. The standard InChI is InChI=1S/C14H10ClFN2S/c15-10-4-1-3-9(14(10)16)13(11-7-17-8-18-11)12-5-2-6-19-12/h1-8,13H,(H,17,18). The van der Waals surface area contributed by atoms with E-state index in [1.807, 2.05) is 17.5 Å². The molecule has 0 saturated heterocycles. The van der Waals surface area contributed by atoms with Gasteiger partial charge in [0.25, 0.3) is 0 Å². The van der Waals surface area contributed by atoms with Crippen LogP contribution in [-0.4, -0.2) is 9.97 Å².